The lowest BCUT2D eigenvalue weighted by Gasteiger charge is -2.31. The van der Waals surface area contributed by atoms with Crippen molar-refractivity contribution >= 4 is 11.8 Å². The Balaban J connectivity index is 1.26. The predicted octanol–water partition coefficient (Wildman–Crippen LogP) is 3.78. The highest BCUT2D eigenvalue weighted by Gasteiger charge is 2.25. The molecule has 1 aromatic carbocycles. The number of nitrogens with zero attached hydrogens (tertiary/aromatic N) is 3. The molecule has 0 spiro atoms. The van der Waals surface area contributed by atoms with E-state index in [0.29, 0.717) is 36.8 Å². The first-order valence-corrected chi connectivity index (χ1v) is 11.1. The Morgan fingerprint density at radius 2 is 1.88 bits per heavy atom. The van der Waals surface area contributed by atoms with Crippen LogP contribution in [0.25, 0.3) is 0 Å². The second kappa shape index (κ2) is 10.2. The largest absolute Gasteiger partial charge is 0.352 e. The average Bonchev–Trinajstić information content (AvgIpc) is 2.84. The number of carbonyl (C=O) groups excluding carboxylic acids is 2. The Bertz CT molecular complexity index is 1060. The third-order valence-electron chi connectivity index (χ3n) is 5.91. The van der Waals surface area contributed by atoms with E-state index in [-0.39, 0.29) is 11.8 Å². The quantitative estimate of drug-likeness (QED) is 0.648. The van der Waals surface area contributed by atoms with E-state index in [4.69, 9.17) is 0 Å². The zero-order chi connectivity index (χ0) is 22.3. The van der Waals surface area contributed by atoms with E-state index in [0.717, 1.165) is 25.0 Å². The van der Waals surface area contributed by atoms with Crippen molar-refractivity contribution in [1.82, 2.24) is 20.2 Å². The van der Waals surface area contributed by atoms with Crippen LogP contribution in [-0.2, 0) is 6.42 Å². The highest BCUT2D eigenvalue weighted by Crippen LogP contribution is 2.27. The molecule has 0 aliphatic carbocycles. The highest BCUT2D eigenvalue weighted by atomic mass is 16.2. The van der Waals surface area contributed by atoms with Gasteiger partial charge in [0.1, 0.15) is 5.69 Å². The monoisotopic (exact) mass is 428 g/mol. The lowest BCUT2D eigenvalue weighted by atomic mass is 9.92. The van der Waals surface area contributed by atoms with Crippen LogP contribution in [0.3, 0.4) is 0 Å². The van der Waals surface area contributed by atoms with E-state index in [1.807, 2.05) is 35.2 Å². The van der Waals surface area contributed by atoms with Gasteiger partial charge in [-0.25, -0.2) is 0 Å². The van der Waals surface area contributed by atoms with Gasteiger partial charge in [-0.05, 0) is 56.0 Å². The molecule has 3 aromatic rings. The zero-order valence-electron chi connectivity index (χ0n) is 18.3. The molecule has 0 saturated carbocycles. The van der Waals surface area contributed by atoms with Crippen LogP contribution in [-0.4, -0.2) is 46.3 Å². The molecule has 1 N–H and O–H groups in total. The zero-order valence-corrected chi connectivity index (χ0v) is 18.3. The minimum Gasteiger partial charge on any atom is -0.352 e. The first-order chi connectivity index (χ1) is 15.6. The average molecular weight is 429 g/mol. The van der Waals surface area contributed by atoms with Crippen molar-refractivity contribution in [3.63, 3.8) is 0 Å². The number of aryl methyl sites for hydroxylation is 1. The third-order valence-corrected chi connectivity index (χ3v) is 5.91. The molecule has 0 radical (unpaired) electrons. The summed E-state index contributed by atoms with van der Waals surface area (Å²) >= 11 is 0. The molecule has 2 amide bonds. The van der Waals surface area contributed by atoms with E-state index in [1.54, 1.807) is 18.5 Å². The second-order valence-electron chi connectivity index (χ2n) is 8.25. The number of carbonyl (C=O) groups is 2. The van der Waals surface area contributed by atoms with E-state index in [1.165, 1.54) is 11.1 Å². The molecule has 1 aliphatic rings. The fraction of sp³-hybridized carbons (Fsp3) is 0.308. The Morgan fingerprint density at radius 1 is 1.03 bits per heavy atom. The third kappa shape index (κ3) is 5.38. The Kier molecular flexibility index (Phi) is 6.90. The Hall–Kier alpha value is -3.54. The summed E-state index contributed by atoms with van der Waals surface area (Å²) in [6.07, 6.45) is 5.81. The van der Waals surface area contributed by atoms with E-state index in [2.05, 4.69) is 40.4 Å². The van der Waals surface area contributed by atoms with Crippen molar-refractivity contribution in [2.24, 2.45) is 0 Å². The van der Waals surface area contributed by atoms with Crippen LogP contribution < -0.4 is 5.32 Å². The van der Waals surface area contributed by atoms with Gasteiger partial charge >= 0.3 is 0 Å². The molecule has 32 heavy (non-hydrogen) atoms. The molecule has 2 aromatic heterocycles. The fourth-order valence-electron chi connectivity index (χ4n) is 4.10. The molecular formula is C26H28N4O2. The van der Waals surface area contributed by atoms with Crippen LogP contribution >= 0.6 is 0 Å². The van der Waals surface area contributed by atoms with Crippen molar-refractivity contribution in [2.75, 3.05) is 19.6 Å². The maximum Gasteiger partial charge on any atom is 0.272 e. The lowest BCUT2D eigenvalue weighted by Crippen LogP contribution is -2.38. The van der Waals surface area contributed by atoms with Gasteiger partial charge in [0.15, 0.2) is 0 Å². The summed E-state index contributed by atoms with van der Waals surface area (Å²) in [5, 5.41) is 2.97. The van der Waals surface area contributed by atoms with E-state index >= 15 is 0 Å². The van der Waals surface area contributed by atoms with Gasteiger partial charge in [-0.1, -0.05) is 35.9 Å². The van der Waals surface area contributed by atoms with Gasteiger partial charge in [0.2, 0.25) is 0 Å². The molecule has 1 aliphatic heterocycles. The molecule has 0 unspecified atom stereocenters. The summed E-state index contributed by atoms with van der Waals surface area (Å²) in [6, 6.07) is 17.5. The number of hydrogen-bond acceptors (Lipinski definition) is 4. The van der Waals surface area contributed by atoms with Crippen molar-refractivity contribution in [1.29, 1.82) is 0 Å². The topological polar surface area (TPSA) is 75.2 Å². The smallest absolute Gasteiger partial charge is 0.272 e. The van der Waals surface area contributed by atoms with Crippen LogP contribution in [0.2, 0.25) is 0 Å². The van der Waals surface area contributed by atoms with Crippen LogP contribution in [0.5, 0.6) is 0 Å². The minimum atomic E-state index is -0.104. The maximum atomic E-state index is 12.6. The number of nitrogens with one attached hydrogen (secondary N) is 1. The van der Waals surface area contributed by atoms with Crippen LogP contribution in [0.15, 0.2) is 67.0 Å². The number of piperidine rings is 1. The predicted molar refractivity (Wildman–Crippen MR) is 124 cm³/mol. The number of aromatic nitrogens is 2. The molecule has 6 heteroatoms. The lowest BCUT2D eigenvalue weighted by molar-refractivity contribution is 0.0705. The first-order valence-electron chi connectivity index (χ1n) is 11.1. The number of hydrogen-bond donors (Lipinski definition) is 1. The normalized spacial score (nSPS) is 14.2. The van der Waals surface area contributed by atoms with Gasteiger partial charge < -0.3 is 10.2 Å². The number of benzene rings is 1. The summed E-state index contributed by atoms with van der Waals surface area (Å²) in [4.78, 5) is 35.6. The van der Waals surface area contributed by atoms with Gasteiger partial charge in [-0.3, -0.25) is 19.6 Å². The van der Waals surface area contributed by atoms with Crippen molar-refractivity contribution in [2.45, 2.75) is 32.1 Å². The fourth-order valence-corrected chi connectivity index (χ4v) is 4.10. The summed E-state index contributed by atoms with van der Waals surface area (Å²) in [6.45, 7) is 4.02. The number of amides is 2. The standard InChI is InChI=1S/C26H28N4O2/c1-19-5-4-6-20(17-19)10-14-28-25(31)22-8-9-23(29-18-22)21-11-15-30(16-12-21)26(32)24-7-2-3-13-27-24/h2-9,13,17-18,21H,10-12,14-16H2,1H3,(H,28,31). The summed E-state index contributed by atoms with van der Waals surface area (Å²) < 4.78 is 0. The van der Waals surface area contributed by atoms with Gasteiger partial charge in [0, 0.05) is 43.6 Å². The molecule has 0 bridgehead atoms. The maximum absolute atomic E-state index is 12.6. The van der Waals surface area contributed by atoms with Crippen LogP contribution in [0.4, 0.5) is 0 Å². The summed E-state index contributed by atoms with van der Waals surface area (Å²) in [5.41, 5.74) is 4.47. The van der Waals surface area contributed by atoms with E-state index < -0.39 is 0 Å². The highest BCUT2D eigenvalue weighted by molar-refractivity contribution is 5.94. The molecule has 1 fully saturated rings. The minimum absolute atomic E-state index is 0.0188. The van der Waals surface area contributed by atoms with Crippen molar-refractivity contribution in [3.05, 3.63) is 95.1 Å². The number of rotatable bonds is 6. The van der Waals surface area contributed by atoms with Crippen LogP contribution in [0, 0.1) is 6.92 Å². The molecule has 1 saturated heterocycles. The molecule has 0 atom stereocenters. The Morgan fingerprint density at radius 3 is 2.56 bits per heavy atom. The molecule has 4 rings (SSSR count). The van der Waals surface area contributed by atoms with Crippen molar-refractivity contribution in [3.8, 4) is 0 Å². The van der Waals surface area contributed by atoms with E-state index in [9.17, 15) is 9.59 Å². The Labute approximate surface area is 188 Å². The van der Waals surface area contributed by atoms with Gasteiger partial charge in [-0.15, -0.1) is 0 Å². The number of pyridine rings is 2. The van der Waals surface area contributed by atoms with Crippen molar-refractivity contribution < 1.29 is 9.59 Å². The van der Waals surface area contributed by atoms with Crippen LogP contribution in [0.1, 0.15) is 56.4 Å². The molecule has 164 valence electrons. The molecule has 3 heterocycles. The molecule has 6 nitrogen and oxygen atoms in total. The number of likely N-dealkylation sites (tertiary alicyclic amines) is 1. The first kappa shape index (κ1) is 21.7. The second-order valence-corrected chi connectivity index (χ2v) is 8.25. The SMILES string of the molecule is Cc1cccc(CCNC(=O)c2ccc(C3CCN(C(=O)c4ccccn4)CC3)nc2)c1. The molecular weight excluding hydrogens is 400 g/mol. The van der Waals surface area contributed by atoms with Gasteiger partial charge in [0.05, 0.1) is 5.56 Å². The summed E-state index contributed by atoms with van der Waals surface area (Å²) in [5.74, 6) is 0.170. The summed E-state index contributed by atoms with van der Waals surface area (Å²) in [7, 11) is 0. The van der Waals surface area contributed by atoms with Gasteiger partial charge in [-0.2, -0.15) is 0 Å². The van der Waals surface area contributed by atoms with Gasteiger partial charge in [0.25, 0.3) is 11.8 Å².